The van der Waals surface area contributed by atoms with Crippen LogP contribution in [0.3, 0.4) is 0 Å². The second-order valence-electron chi connectivity index (χ2n) is 4.04. The van der Waals surface area contributed by atoms with Crippen molar-refractivity contribution in [1.29, 1.82) is 0 Å². The Bertz CT molecular complexity index is 596. The van der Waals surface area contributed by atoms with Crippen LogP contribution >= 0.6 is 15.9 Å². The van der Waals surface area contributed by atoms with Crippen molar-refractivity contribution in [3.05, 3.63) is 58.1 Å². The topological polar surface area (TPSA) is 55.1 Å². The molecule has 0 spiro atoms. The summed E-state index contributed by atoms with van der Waals surface area (Å²) in [7, 11) is 0. The Morgan fingerprint density at radius 1 is 1.22 bits per heavy atom. The minimum Gasteiger partial charge on any atom is -0.399 e. The van der Waals surface area contributed by atoms with Gasteiger partial charge in [-0.05, 0) is 42.8 Å². The molecular weight excluding hydrogens is 292 g/mol. The second kappa shape index (κ2) is 5.23. The molecule has 2 aromatic rings. The highest BCUT2D eigenvalue weighted by molar-refractivity contribution is 9.10. The lowest BCUT2D eigenvalue weighted by Crippen LogP contribution is -2.12. The maximum Gasteiger partial charge on any atom is 0.255 e. The highest BCUT2D eigenvalue weighted by Gasteiger charge is 2.06. The van der Waals surface area contributed by atoms with Crippen LogP contribution in [0.15, 0.2) is 46.9 Å². The van der Waals surface area contributed by atoms with Gasteiger partial charge in [0.2, 0.25) is 0 Å². The fraction of sp³-hybridized carbons (Fsp3) is 0.0714. The third kappa shape index (κ3) is 2.90. The van der Waals surface area contributed by atoms with Crippen LogP contribution < -0.4 is 11.1 Å². The van der Waals surface area contributed by atoms with E-state index in [-0.39, 0.29) is 5.91 Å². The summed E-state index contributed by atoms with van der Waals surface area (Å²) in [5.41, 5.74) is 8.64. The molecule has 2 aromatic carbocycles. The first-order valence-electron chi connectivity index (χ1n) is 5.49. The van der Waals surface area contributed by atoms with Crippen molar-refractivity contribution in [2.75, 3.05) is 11.1 Å². The normalized spacial score (nSPS) is 10.1. The van der Waals surface area contributed by atoms with Crippen LogP contribution in [0, 0.1) is 6.92 Å². The van der Waals surface area contributed by atoms with E-state index in [1.54, 1.807) is 24.3 Å². The monoisotopic (exact) mass is 304 g/mol. The largest absolute Gasteiger partial charge is 0.399 e. The average Bonchev–Trinajstić information content (AvgIpc) is 2.34. The molecule has 4 heteroatoms. The van der Waals surface area contributed by atoms with E-state index in [0.717, 1.165) is 15.7 Å². The van der Waals surface area contributed by atoms with Crippen molar-refractivity contribution in [3.8, 4) is 0 Å². The summed E-state index contributed by atoms with van der Waals surface area (Å²) < 4.78 is 0.966. The smallest absolute Gasteiger partial charge is 0.255 e. The number of rotatable bonds is 2. The molecule has 0 heterocycles. The van der Waals surface area contributed by atoms with Crippen LogP contribution in [0.1, 0.15) is 15.9 Å². The number of nitrogens with one attached hydrogen (secondary N) is 1. The third-order valence-corrected chi connectivity index (χ3v) is 3.43. The van der Waals surface area contributed by atoms with E-state index < -0.39 is 0 Å². The number of anilines is 2. The third-order valence-electron chi connectivity index (χ3n) is 2.58. The highest BCUT2D eigenvalue weighted by Crippen LogP contribution is 2.21. The lowest BCUT2D eigenvalue weighted by Gasteiger charge is -2.07. The summed E-state index contributed by atoms with van der Waals surface area (Å²) in [4.78, 5) is 12.0. The predicted octanol–water partition coefficient (Wildman–Crippen LogP) is 3.59. The predicted molar refractivity (Wildman–Crippen MR) is 77.7 cm³/mol. The molecule has 18 heavy (non-hydrogen) atoms. The fourth-order valence-corrected chi connectivity index (χ4v) is 1.93. The SMILES string of the molecule is Cc1ccc(NC(=O)c2cccc(N)c2)cc1Br. The van der Waals surface area contributed by atoms with Gasteiger partial charge < -0.3 is 11.1 Å². The highest BCUT2D eigenvalue weighted by atomic mass is 79.9. The van der Waals surface area contributed by atoms with Crippen molar-refractivity contribution in [1.82, 2.24) is 0 Å². The number of amides is 1. The van der Waals surface area contributed by atoms with E-state index in [9.17, 15) is 4.79 Å². The summed E-state index contributed by atoms with van der Waals surface area (Å²) in [6, 6.07) is 12.6. The number of carbonyl (C=O) groups is 1. The number of hydrogen-bond donors (Lipinski definition) is 2. The van der Waals surface area contributed by atoms with E-state index in [2.05, 4.69) is 21.2 Å². The zero-order chi connectivity index (χ0) is 13.1. The molecule has 0 saturated heterocycles. The van der Waals surface area contributed by atoms with Crippen LogP contribution in [0.4, 0.5) is 11.4 Å². The van der Waals surface area contributed by atoms with Gasteiger partial charge in [0.25, 0.3) is 5.91 Å². The Balaban J connectivity index is 2.18. The summed E-state index contributed by atoms with van der Waals surface area (Å²) >= 11 is 3.43. The minimum absolute atomic E-state index is 0.168. The molecule has 3 N–H and O–H groups in total. The van der Waals surface area contributed by atoms with Crippen LogP contribution in [-0.4, -0.2) is 5.91 Å². The number of carbonyl (C=O) groups excluding carboxylic acids is 1. The van der Waals surface area contributed by atoms with Gasteiger partial charge in [-0.1, -0.05) is 28.1 Å². The Morgan fingerprint density at radius 2 is 2.00 bits per heavy atom. The molecule has 92 valence electrons. The van der Waals surface area contributed by atoms with Gasteiger partial charge in [0.05, 0.1) is 0 Å². The molecule has 0 saturated carbocycles. The number of aryl methyl sites for hydroxylation is 1. The molecule has 0 aromatic heterocycles. The number of nitrogens with two attached hydrogens (primary N) is 1. The molecule has 0 bridgehead atoms. The molecule has 1 amide bonds. The molecule has 2 rings (SSSR count). The molecule has 0 aliphatic rings. The Morgan fingerprint density at radius 3 is 2.67 bits per heavy atom. The van der Waals surface area contributed by atoms with Crippen LogP contribution in [0.25, 0.3) is 0 Å². The fourth-order valence-electron chi connectivity index (χ4n) is 1.55. The lowest BCUT2D eigenvalue weighted by molar-refractivity contribution is 0.102. The summed E-state index contributed by atoms with van der Waals surface area (Å²) in [6.45, 7) is 1.99. The van der Waals surface area contributed by atoms with Gasteiger partial charge in [-0.2, -0.15) is 0 Å². The molecule has 0 radical (unpaired) electrons. The molecule has 0 unspecified atom stereocenters. The van der Waals surface area contributed by atoms with Crippen molar-refractivity contribution >= 4 is 33.2 Å². The van der Waals surface area contributed by atoms with E-state index in [1.165, 1.54) is 0 Å². The van der Waals surface area contributed by atoms with Gasteiger partial charge in [0, 0.05) is 21.4 Å². The summed E-state index contributed by atoms with van der Waals surface area (Å²) in [6.07, 6.45) is 0. The van der Waals surface area contributed by atoms with Gasteiger partial charge in [0.15, 0.2) is 0 Å². The lowest BCUT2D eigenvalue weighted by atomic mass is 10.2. The van der Waals surface area contributed by atoms with E-state index in [0.29, 0.717) is 11.3 Å². The van der Waals surface area contributed by atoms with Gasteiger partial charge in [-0.3, -0.25) is 4.79 Å². The maximum atomic E-state index is 12.0. The standard InChI is InChI=1S/C14H13BrN2O/c1-9-5-6-12(8-13(9)15)17-14(18)10-3-2-4-11(16)7-10/h2-8H,16H2,1H3,(H,17,18). The van der Waals surface area contributed by atoms with E-state index >= 15 is 0 Å². The first-order valence-corrected chi connectivity index (χ1v) is 6.28. The minimum atomic E-state index is -0.168. The first kappa shape index (κ1) is 12.6. The van der Waals surface area contributed by atoms with Crippen LogP contribution in [0.2, 0.25) is 0 Å². The van der Waals surface area contributed by atoms with Crippen LogP contribution in [0.5, 0.6) is 0 Å². The first-order chi connectivity index (χ1) is 8.56. The van der Waals surface area contributed by atoms with Crippen molar-refractivity contribution in [2.24, 2.45) is 0 Å². The Labute approximate surface area is 114 Å². The molecular formula is C14H13BrN2O. The number of halogens is 1. The number of hydrogen-bond acceptors (Lipinski definition) is 2. The van der Waals surface area contributed by atoms with Crippen LogP contribution in [-0.2, 0) is 0 Å². The van der Waals surface area contributed by atoms with E-state index in [1.807, 2.05) is 25.1 Å². The number of benzene rings is 2. The van der Waals surface area contributed by atoms with Gasteiger partial charge >= 0.3 is 0 Å². The van der Waals surface area contributed by atoms with Crippen molar-refractivity contribution < 1.29 is 4.79 Å². The molecule has 0 atom stereocenters. The van der Waals surface area contributed by atoms with Gasteiger partial charge in [-0.15, -0.1) is 0 Å². The van der Waals surface area contributed by atoms with Gasteiger partial charge in [0.1, 0.15) is 0 Å². The van der Waals surface area contributed by atoms with Crippen molar-refractivity contribution in [3.63, 3.8) is 0 Å². The van der Waals surface area contributed by atoms with Crippen molar-refractivity contribution in [2.45, 2.75) is 6.92 Å². The summed E-state index contributed by atoms with van der Waals surface area (Å²) in [5.74, 6) is -0.168. The van der Waals surface area contributed by atoms with Gasteiger partial charge in [-0.25, -0.2) is 0 Å². The molecule has 0 aliphatic carbocycles. The Kier molecular flexibility index (Phi) is 3.67. The molecule has 0 aliphatic heterocycles. The second-order valence-corrected chi connectivity index (χ2v) is 4.90. The van der Waals surface area contributed by atoms with E-state index in [4.69, 9.17) is 5.73 Å². The zero-order valence-electron chi connectivity index (χ0n) is 9.91. The average molecular weight is 305 g/mol. The summed E-state index contributed by atoms with van der Waals surface area (Å²) in [5, 5.41) is 2.83. The maximum absolute atomic E-state index is 12.0. The number of nitrogen functional groups attached to an aromatic ring is 1. The quantitative estimate of drug-likeness (QED) is 0.833. The molecule has 0 fully saturated rings. The molecule has 3 nitrogen and oxygen atoms in total. The Hall–Kier alpha value is -1.81. The zero-order valence-corrected chi connectivity index (χ0v) is 11.5.